The van der Waals surface area contributed by atoms with Crippen molar-refractivity contribution >= 4 is 5.91 Å². The number of carbonyl (C=O) groups is 1. The molecule has 4 nitrogen and oxygen atoms in total. The topological polar surface area (TPSA) is 62.1 Å². The van der Waals surface area contributed by atoms with Gasteiger partial charge in [0.2, 0.25) is 5.91 Å². The van der Waals surface area contributed by atoms with Crippen molar-refractivity contribution in [2.24, 2.45) is 17.3 Å². The van der Waals surface area contributed by atoms with Gasteiger partial charge in [-0.2, -0.15) is 5.26 Å². The Labute approximate surface area is 138 Å². The summed E-state index contributed by atoms with van der Waals surface area (Å²) in [4.78, 5) is 12.5. The molecule has 1 aromatic rings. The van der Waals surface area contributed by atoms with Crippen LogP contribution in [0.1, 0.15) is 32.3 Å². The Morgan fingerprint density at radius 3 is 2.52 bits per heavy atom. The standard InChI is InChI=1S/C19H26N2O2/c1-15(2)17(12-16-6-4-3-5-7-16)13-21-18(22)19(14-20)8-10-23-11-9-19/h3-7,15,17H,8-13H2,1-2H3,(H,21,22)/t17-/m1/s1. The van der Waals surface area contributed by atoms with Gasteiger partial charge in [0.05, 0.1) is 6.07 Å². The van der Waals surface area contributed by atoms with Crippen LogP contribution in [0.5, 0.6) is 0 Å². The number of carbonyl (C=O) groups excluding carboxylic acids is 1. The summed E-state index contributed by atoms with van der Waals surface area (Å²) in [6, 6.07) is 12.6. The average Bonchev–Trinajstić information content (AvgIpc) is 2.59. The number of ether oxygens (including phenoxy) is 1. The Kier molecular flexibility index (Phi) is 6.18. The van der Waals surface area contributed by atoms with Crippen LogP contribution in [-0.2, 0) is 16.0 Å². The lowest BCUT2D eigenvalue weighted by Crippen LogP contribution is -2.45. The SMILES string of the molecule is CC(C)[C@@H](CNC(=O)C1(C#N)CCOCC1)Cc1ccccc1. The van der Waals surface area contributed by atoms with Crippen molar-refractivity contribution in [3.63, 3.8) is 0 Å². The Hall–Kier alpha value is -1.86. The number of nitrogens with zero attached hydrogens (tertiary/aromatic N) is 1. The summed E-state index contributed by atoms with van der Waals surface area (Å²) in [7, 11) is 0. The molecule has 1 aromatic carbocycles. The zero-order valence-corrected chi connectivity index (χ0v) is 14.0. The molecule has 0 bridgehead atoms. The Balaban J connectivity index is 1.95. The third kappa shape index (κ3) is 4.56. The number of nitrogens with one attached hydrogen (secondary N) is 1. The van der Waals surface area contributed by atoms with Crippen molar-refractivity contribution in [2.45, 2.75) is 33.1 Å². The normalized spacial score (nSPS) is 18.2. The molecule has 0 unspecified atom stereocenters. The first-order valence-electron chi connectivity index (χ1n) is 8.38. The van der Waals surface area contributed by atoms with E-state index in [1.165, 1.54) is 5.56 Å². The summed E-state index contributed by atoms with van der Waals surface area (Å²) in [5, 5.41) is 12.5. The van der Waals surface area contributed by atoms with Crippen LogP contribution < -0.4 is 5.32 Å². The van der Waals surface area contributed by atoms with Crippen LogP contribution >= 0.6 is 0 Å². The second kappa shape index (κ2) is 8.12. The first-order valence-corrected chi connectivity index (χ1v) is 8.38. The van der Waals surface area contributed by atoms with Crippen molar-refractivity contribution in [1.82, 2.24) is 5.32 Å². The average molecular weight is 314 g/mol. The van der Waals surface area contributed by atoms with E-state index in [2.05, 4.69) is 37.4 Å². The van der Waals surface area contributed by atoms with Gasteiger partial charge in [-0.1, -0.05) is 44.2 Å². The van der Waals surface area contributed by atoms with Crippen molar-refractivity contribution in [3.8, 4) is 6.07 Å². The van der Waals surface area contributed by atoms with E-state index in [-0.39, 0.29) is 5.91 Å². The third-order valence-electron chi connectivity index (χ3n) is 4.80. The molecule has 1 heterocycles. The molecule has 124 valence electrons. The van der Waals surface area contributed by atoms with Crippen LogP contribution in [0, 0.1) is 28.6 Å². The quantitative estimate of drug-likeness (QED) is 0.878. The lowest BCUT2D eigenvalue weighted by Gasteiger charge is -2.30. The van der Waals surface area contributed by atoms with Crippen LogP contribution in [0.3, 0.4) is 0 Å². The fraction of sp³-hybridized carbons (Fsp3) is 0.579. The van der Waals surface area contributed by atoms with Gasteiger partial charge in [0, 0.05) is 19.8 Å². The molecular formula is C19H26N2O2. The number of hydrogen-bond acceptors (Lipinski definition) is 3. The molecule has 0 aromatic heterocycles. The summed E-state index contributed by atoms with van der Waals surface area (Å²) < 4.78 is 5.29. The van der Waals surface area contributed by atoms with Gasteiger partial charge in [-0.15, -0.1) is 0 Å². The van der Waals surface area contributed by atoms with E-state index in [0.29, 0.717) is 44.4 Å². The summed E-state index contributed by atoms with van der Waals surface area (Å²) in [5.41, 5.74) is 0.369. The third-order valence-corrected chi connectivity index (χ3v) is 4.80. The number of nitriles is 1. The Morgan fingerprint density at radius 1 is 1.30 bits per heavy atom. The fourth-order valence-corrected chi connectivity index (χ4v) is 2.96. The molecule has 0 aliphatic carbocycles. The van der Waals surface area contributed by atoms with Crippen LogP contribution in [0.2, 0.25) is 0 Å². The molecule has 0 spiro atoms. The van der Waals surface area contributed by atoms with Crippen LogP contribution in [0.25, 0.3) is 0 Å². The molecular weight excluding hydrogens is 288 g/mol. The second-order valence-electron chi connectivity index (χ2n) is 6.71. The first kappa shape index (κ1) is 17.5. The minimum Gasteiger partial charge on any atom is -0.381 e. The monoisotopic (exact) mass is 314 g/mol. The van der Waals surface area contributed by atoms with E-state index in [0.717, 1.165) is 6.42 Å². The maximum Gasteiger partial charge on any atom is 0.240 e. The van der Waals surface area contributed by atoms with Gasteiger partial charge >= 0.3 is 0 Å². The van der Waals surface area contributed by atoms with Gasteiger partial charge in [0.15, 0.2) is 0 Å². The number of hydrogen-bond donors (Lipinski definition) is 1. The molecule has 4 heteroatoms. The van der Waals surface area contributed by atoms with Gasteiger partial charge in [-0.05, 0) is 36.7 Å². The van der Waals surface area contributed by atoms with Gasteiger partial charge in [-0.25, -0.2) is 0 Å². The lowest BCUT2D eigenvalue weighted by molar-refractivity contribution is -0.132. The highest BCUT2D eigenvalue weighted by atomic mass is 16.5. The fourth-order valence-electron chi connectivity index (χ4n) is 2.96. The Morgan fingerprint density at radius 2 is 1.96 bits per heavy atom. The van der Waals surface area contributed by atoms with Crippen molar-refractivity contribution in [1.29, 1.82) is 5.26 Å². The van der Waals surface area contributed by atoms with E-state index < -0.39 is 5.41 Å². The predicted molar refractivity (Wildman–Crippen MR) is 89.6 cm³/mol. The Bertz CT molecular complexity index is 542. The molecule has 1 amide bonds. The van der Waals surface area contributed by atoms with E-state index in [4.69, 9.17) is 4.74 Å². The largest absolute Gasteiger partial charge is 0.381 e. The molecule has 1 saturated heterocycles. The van der Waals surface area contributed by atoms with Crippen molar-refractivity contribution in [3.05, 3.63) is 35.9 Å². The molecule has 1 aliphatic rings. The van der Waals surface area contributed by atoms with Gasteiger partial charge in [0.1, 0.15) is 5.41 Å². The second-order valence-corrected chi connectivity index (χ2v) is 6.71. The highest BCUT2D eigenvalue weighted by Crippen LogP contribution is 2.30. The predicted octanol–water partition coefficient (Wildman–Crippen LogP) is 2.94. The minimum absolute atomic E-state index is 0.137. The van der Waals surface area contributed by atoms with Crippen LogP contribution in [0.15, 0.2) is 30.3 Å². The maximum absolute atomic E-state index is 12.5. The zero-order valence-electron chi connectivity index (χ0n) is 14.0. The minimum atomic E-state index is -0.910. The zero-order chi connectivity index (χ0) is 16.7. The molecule has 0 saturated carbocycles. The van der Waals surface area contributed by atoms with E-state index in [1.54, 1.807) is 0 Å². The molecule has 23 heavy (non-hydrogen) atoms. The number of rotatable bonds is 6. The number of benzene rings is 1. The number of amides is 1. The first-order chi connectivity index (χ1) is 11.1. The van der Waals surface area contributed by atoms with Gasteiger partial charge < -0.3 is 10.1 Å². The van der Waals surface area contributed by atoms with Crippen LogP contribution in [0.4, 0.5) is 0 Å². The smallest absolute Gasteiger partial charge is 0.240 e. The van der Waals surface area contributed by atoms with Gasteiger partial charge in [0.25, 0.3) is 0 Å². The van der Waals surface area contributed by atoms with E-state index in [9.17, 15) is 10.1 Å². The lowest BCUT2D eigenvalue weighted by atomic mass is 9.80. The summed E-state index contributed by atoms with van der Waals surface area (Å²) in [5.74, 6) is 0.683. The van der Waals surface area contributed by atoms with E-state index in [1.807, 2.05) is 18.2 Å². The van der Waals surface area contributed by atoms with Crippen molar-refractivity contribution < 1.29 is 9.53 Å². The summed E-state index contributed by atoms with van der Waals surface area (Å²) >= 11 is 0. The molecule has 0 radical (unpaired) electrons. The molecule has 1 fully saturated rings. The maximum atomic E-state index is 12.5. The molecule has 1 aliphatic heterocycles. The van der Waals surface area contributed by atoms with E-state index >= 15 is 0 Å². The highest BCUT2D eigenvalue weighted by Gasteiger charge is 2.40. The molecule has 2 rings (SSSR count). The van der Waals surface area contributed by atoms with Gasteiger partial charge in [-0.3, -0.25) is 4.79 Å². The molecule has 1 N–H and O–H groups in total. The summed E-state index contributed by atoms with van der Waals surface area (Å²) in [6.45, 7) is 5.93. The van der Waals surface area contributed by atoms with Crippen molar-refractivity contribution in [2.75, 3.05) is 19.8 Å². The highest BCUT2D eigenvalue weighted by molar-refractivity contribution is 5.85. The molecule has 1 atom stereocenters. The van der Waals surface area contributed by atoms with Crippen LogP contribution in [-0.4, -0.2) is 25.7 Å². The summed E-state index contributed by atoms with van der Waals surface area (Å²) in [6.07, 6.45) is 1.90.